The van der Waals surface area contributed by atoms with Crippen LogP contribution in [0.1, 0.15) is 82.6 Å². The first-order valence-corrected chi connectivity index (χ1v) is 12.8. The second kappa shape index (κ2) is 8.10. The van der Waals surface area contributed by atoms with Crippen molar-refractivity contribution in [3.63, 3.8) is 0 Å². The van der Waals surface area contributed by atoms with Gasteiger partial charge >= 0.3 is 6.09 Å². The van der Waals surface area contributed by atoms with Crippen LogP contribution in [-0.2, 0) is 17.7 Å². The largest absolute Gasteiger partial charge is 0.444 e. The van der Waals surface area contributed by atoms with Gasteiger partial charge in [0, 0.05) is 24.6 Å². The molecular formula is C28H38N4O3. The third-order valence-corrected chi connectivity index (χ3v) is 8.47. The molecule has 0 spiro atoms. The van der Waals surface area contributed by atoms with Crippen molar-refractivity contribution in [3.8, 4) is 5.69 Å². The normalized spacial score (nSPS) is 27.0. The lowest BCUT2D eigenvalue weighted by atomic mass is 9.68. The van der Waals surface area contributed by atoms with Crippen molar-refractivity contribution >= 4 is 12.0 Å². The average Bonchev–Trinajstić information content (AvgIpc) is 3.42. The Balaban J connectivity index is 1.48. The lowest BCUT2D eigenvalue weighted by Crippen LogP contribution is -2.52. The molecule has 0 saturated heterocycles. The standard InChI is InChI=1S/C28H38N4O3/c1-26(2,3)35-25(34)31-15-13-21-20(17-31)22(30-32(21)19-10-8-7-9-11-19)23(33)29-24-27(4,5)18-12-14-28(24,6)16-18/h7-11,18,24H,12-17H2,1-6H3,(H,29,33). The van der Waals surface area contributed by atoms with E-state index in [0.29, 0.717) is 31.1 Å². The zero-order valence-corrected chi connectivity index (χ0v) is 21.9. The number of benzene rings is 1. The Morgan fingerprint density at radius 2 is 1.86 bits per heavy atom. The predicted molar refractivity (Wildman–Crippen MR) is 134 cm³/mol. The zero-order chi connectivity index (χ0) is 25.2. The molecular weight excluding hydrogens is 440 g/mol. The van der Waals surface area contributed by atoms with Crippen LogP contribution >= 0.6 is 0 Å². The molecule has 35 heavy (non-hydrogen) atoms. The molecule has 7 nitrogen and oxygen atoms in total. The van der Waals surface area contributed by atoms with Crippen LogP contribution in [-0.4, -0.2) is 44.9 Å². The van der Waals surface area contributed by atoms with Crippen molar-refractivity contribution in [3.05, 3.63) is 47.3 Å². The van der Waals surface area contributed by atoms with Crippen molar-refractivity contribution in [1.29, 1.82) is 0 Å². The second-order valence-electron chi connectivity index (χ2n) is 12.5. The van der Waals surface area contributed by atoms with Gasteiger partial charge < -0.3 is 15.0 Å². The molecule has 1 aliphatic heterocycles. The molecule has 188 valence electrons. The summed E-state index contributed by atoms with van der Waals surface area (Å²) in [6, 6.07) is 10.00. The number of hydrogen-bond acceptors (Lipinski definition) is 4. The van der Waals surface area contributed by atoms with Crippen molar-refractivity contribution in [2.75, 3.05) is 6.54 Å². The van der Waals surface area contributed by atoms with Crippen LogP contribution in [0.2, 0.25) is 0 Å². The van der Waals surface area contributed by atoms with E-state index < -0.39 is 5.60 Å². The highest BCUT2D eigenvalue weighted by atomic mass is 16.6. The molecule has 1 aromatic carbocycles. The molecule has 7 heteroatoms. The quantitative estimate of drug-likeness (QED) is 0.665. The number of hydrogen-bond donors (Lipinski definition) is 1. The van der Waals surface area contributed by atoms with Crippen LogP contribution in [0.3, 0.4) is 0 Å². The van der Waals surface area contributed by atoms with Crippen LogP contribution in [0.5, 0.6) is 0 Å². The van der Waals surface area contributed by atoms with Gasteiger partial charge in [-0.3, -0.25) is 4.79 Å². The van der Waals surface area contributed by atoms with Gasteiger partial charge in [-0.05, 0) is 68.9 Å². The predicted octanol–water partition coefficient (Wildman–Crippen LogP) is 5.11. The molecule has 3 unspecified atom stereocenters. The van der Waals surface area contributed by atoms with E-state index in [1.807, 2.05) is 55.8 Å². The molecule has 2 saturated carbocycles. The number of para-hydroxylation sites is 1. The molecule has 2 aliphatic carbocycles. The summed E-state index contributed by atoms with van der Waals surface area (Å²) in [5.74, 6) is 0.491. The SMILES string of the molecule is CC(C)(C)OC(=O)N1CCc2c(c(C(=O)NC3C4(C)CCC(C4)C3(C)C)nn2-c2ccccc2)C1. The number of nitrogens with one attached hydrogen (secondary N) is 1. The summed E-state index contributed by atoms with van der Waals surface area (Å²) in [5.41, 5.74) is 2.73. The molecule has 5 rings (SSSR count). The second-order valence-corrected chi connectivity index (χ2v) is 12.5. The molecule has 2 aromatic rings. The fraction of sp³-hybridized carbons (Fsp3) is 0.607. The minimum atomic E-state index is -0.575. The van der Waals surface area contributed by atoms with Gasteiger partial charge in [0.15, 0.2) is 5.69 Å². The number of amides is 2. The average molecular weight is 479 g/mol. The highest BCUT2D eigenvalue weighted by Gasteiger charge is 2.59. The molecule has 3 aliphatic rings. The number of nitrogens with zero attached hydrogens (tertiary/aromatic N) is 3. The van der Waals surface area contributed by atoms with Gasteiger partial charge in [0.05, 0.1) is 17.9 Å². The van der Waals surface area contributed by atoms with Crippen molar-refractivity contribution < 1.29 is 14.3 Å². The number of carbonyl (C=O) groups excluding carboxylic acids is 2. The Morgan fingerprint density at radius 1 is 1.14 bits per heavy atom. The molecule has 2 amide bonds. The first-order chi connectivity index (χ1) is 16.4. The van der Waals surface area contributed by atoms with Gasteiger partial charge in [-0.25, -0.2) is 9.48 Å². The van der Waals surface area contributed by atoms with Gasteiger partial charge in [0.25, 0.3) is 5.91 Å². The maximum Gasteiger partial charge on any atom is 0.410 e. The van der Waals surface area contributed by atoms with Crippen LogP contribution in [0.4, 0.5) is 4.79 Å². The zero-order valence-electron chi connectivity index (χ0n) is 21.9. The number of carbonyl (C=O) groups is 2. The molecule has 2 fully saturated rings. The van der Waals surface area contributed by atoms with E-state index in [4.69, 9.17) is 9.84 Å². The van der Waals surface area contributed by atoms with Crippen LogP contribution in [0.15, 0.2) is 30.3 Å². The monoisotopic (exact) mass is 478 g/mol. The Kier molecular flexibility index (Phi) is 5.53. The smallest absolute Gasteiger partial charge is 0.410 e. The topological polar surface area (TPSA) is 76.5 Å². The van der Waals surface area contributed by atoms with E-state index in [1.54, 1.807) is 4.90 Å². The lowest BCUT2D eigenvalue weighted by Gasteiger charge is -2.43. The molecule has 1 aromatic heterocycles. The van der Waals surface area contributed by atoms with Crippen molar-refractivity contribution in [2.45, 2.75) is 85.4 Å². The fourth-order valence-electron chi connectivity index (χ4n) is 6.73. The summed E-state index contributed by atoms with van der Waals surface area (Å²) < 4.78 is 7.50. The lowest BCUT2D eigenvalue weighted by molar-refractivity contribution is 0.0222. The fourth-order valence-corrected chi connectivity index (χ4v) is 6.73. The summed E-state index contributed by atoms with van der Waals surface area (Å²) in [6.45, 7) is 13.3. The Bertz CT molecular complexity index is 1140. The third kappa shape index (κ3) is 4.13. The van der Waals surface area contributed by atoms with Gasteiger partial charge in [-0.15, -0.1) is 0 Å². The van der Waals surface area contributed by atoms with Gasteiger partial charge in [-0.2, -0.15) is 5.10 Å². The van der Waals surface area contributed by atoms with Gasteiger partial charge in [0.2, 0.25) is 0 Å². The van der Waals surface area contributed by atoms with Crippen molar-refractivity contribution in [2.24, 2.45) is 16.7 Å². The first-order valence-electron chi connectivity index (χ1n) is 12.8. The maximum atomic E-state index is 13.8. The highest BCUT2D eigenvalue weighted by Crippen LogP contribution is 2.62. The van der Waals surface area contributed by atoms with Crippen LogP contribution in [0.25, 0.3) is 5.69 Å². The molecule has 2 heterocycles. The van der Waals surface area contributed by atoms with Crippen molar-refractivity contribution in [1.82, 2.24) is 20.0 Å². The number of fused-ring (bicyclic) bond motifs is 3. The Labute approximate surface area is 208 Å². The summed E-state index contributed by atoms with van der Waals surface area (Å²) in [7, 11) is 0. The third-order valence-electron chi connectivity index (χ3n) is 8.47. The highest BCUT2D eigenvalue weighted by molar-refractivity contribution is 5.94. The summed E-state index contributed by atoms with van der Waals surface area (Å²) in [4.78, 5) is 28.3. The summed E-state index contributed by atoms with van der Waals surface area (Å²) in [6.07, 6.45) is 3.80. The van der Waals surface area contributed by atoms with Gasteiger partial charge in [0.1, 0.15) is 5.60 Å². The van der Waals surface area contributed by atoms with Gasteiger partial charge in [-0.1, -0.05) is 39.0 Å². The number of rotatable bonds is 3. The number of aromatic nitrogens is 2. The van der Waals surface area contributed by atoms with E-state index in [0.717, 1.165) is 29.8 Å². The van der Waals surface area contributed by atoms with E-state index in [-0.39, 0.29) is 28.9 Å². The number of ether oxygens (including phenoxy) is 1. The van der Waals surface area contributed by atoms with E-state index in [1.165, 1.54) is 6.42 Å². The molecule has 0 radical (unpaired) electrons. The Morgan fingerprint density at radius 3 is 2.49 bits per heavy atom. The molecule has 3 atom stereocenters. The minimum Gasteiger partial charge on any atom is -0.444 e. The Hall–Kier alpha value is -2.83. The molecule has 1 N–H and O–H groups in total. The maximum absolute atomic E-state index is 13.8. The molecule has 2 bridgehead atoms. The first kappa shape index (κ1) is 23.9. The van der Waals surface area contributed by atoms with Crippen LogP contribution in [0, 0.1) is 16.7 Å². The van der Waals surface area contributed by atoms with E-state index in [2.05, 4.69) is 26.1 Å². The minimum absolute atomic E-state index is 0.0489. The van der Waals surface area contributed by atoms with E-state index in [9.17, 15) is 9.59 Å². The summed E-state index contributed by atoms with van der Waals surface area (Å²) in [5, 5.41) is 8.24. The van der Waals surface area contributed by atoms with E-state index >= 15 is 0 Å². The summed E-state index contributed by atoms with van der Waals surface area (Å²) >= 11 is 0. The van der Waals surface area contributed by atoms with Crippen LogP contribution < -0.4 is 5.32 Å².